The minimum atomic E-state index is -0.183. The molecule has 1 N–H and O–H groups in total. The predicted molar refractivity (Wildman–Crippen MR) is 96.1 cm³/mol. The lowest BCUT2D eigenvalue weighted by molar-refractivity contribution is 0.0565. The molecule has 4 nitrogen and oxygen atoms in total. The first-order chi connectivity index (χ1) is 11.1. The lowest BCUT2D eigenvalue weighted by atomic mass is 10.1. The number of amides is 1. The van der Waals surface area contributed by atoms with Gasteiger partial charge in [0.1, 0.15) is 0 Å². The zero-order valence-corrected chi connectivity index (χ0v) is 14.7. The van der Waals surface area contributed by atoms with Crippen molar-refractivity contribution in [3.63, 3.8) is 0 Å². The van der Waals surface area contributed by atoms with Gasteiger partial charge in [0.15, 0.2) is 0 Å². The maximum Gasteiger partial charge on any atom is 0.256 e. The van der Waals surface area contributed by atoms with E-state index in [0.717, 1.165) is 17.7 Å². The molecular weight excluding hydrogens is 308 g/mol. The van der Waals surface area contributed by atoms with Gasteiger partial charge in [-0.1, -0.05) is 19.1 Å². The summed E-state index contributed by atoms with van der Waals surface area (Å²) in [7, 11) is 3.86. The number of carbonyl (C=O) groups is 1. The SMILES string of the molecule is CC[C@@H](CO)N(Cc1ccsc1)C(=O)c1ccccc1N(C)C. The van der Waals surface area contributed by atoms with Crippen LogP contribution in [0.15, 0.2) is 41.1 Å². The van der Waals surface area contributed by atoms with Gasteiger partial charge in [-0.3, -0.25) is 4.79 Å². The van der Waals surface area contributed by atoms with Gasteiger partial charge < -0.3 is 14.9 Å². The molecule has 0 fully saturated rings. The van der Waals surface area contributed by atoms with Crippen LogP contribution in [0, 0.1) is 0 Å². The molecule has 0 aliphatic carbocycles. The van der Waals surface area contributed by atoms with Gasteiger partial charge in [0, 0.05) is 26.3 Å². The summed E-state index contributed by atoms with van der Waals surface area (Å²) >= 11 is 1.62. The van der Waals surface area contributed by atoms with Gasteiger partial charge in [0.2, 0.25) is 0 Å². The van der Waals surface area contributed by atoms with Gasteiger partial charge in [-0.2, -0.15) is 11.3 Å². The number of aliphatic hydroxyl groups excluding tert-OH is 1. The Morgan fingerprint density at radius 3 is 2.57 bits per heavy atom. The van der Waals surface area contributed by atoms with E-state index in [0.29, 0.717) is 12.1 Å². The number of anilines is 1. The molecule has 23 heavy (non-hydrogen) atoms. The summed E-state index contributed by atoms with van der Waals surface area (Å²) in [5.41, 5.74) is 2.65. The predicted octanol–water partition coefficient (Wildman–Crippen LogP) is 3.23. The van der Waals surface area contributed by atoms with Crippen molar-refractivity contribution in [1.82, 2.24) is 4.90 Å². The molecule has 5 heteroatoms. The molecule has 2 aromatic rings. The average Bonchev–Trinajstić information content (AvgIpc) is 3.07. The topological polar surface area (TPSA) is 43.8 Å². The van der Waals surface area contributed by atoms with Crippen molar-refractivity contribution < 1.29 is 9.90 Å². The van der Waals surface area contributed by atoms with E-state index in [1.165, 1.54) is 0 Å². The number of rotatable bonds is 7. The Balaban J connectivity index is 2.36. The number of aliphatic hydroxyl groups is 1. The van der Waals surface area contributed by atoms with Gasteiger partial charge in [0.05, 0.1) is 18.2 Å². The van der Waals surface area contributed by atoms with Crippen LogP contribution in [-0.4, -0.2) is 42.7 Å². The number of nitrogens with zero attached hydrogens (tertiary/aromatic N) is 2. The standard InChI is InChI=1S/C18H24N2O2S/c1-4-15(12-21)20(11-14-9-10-23-13-14)18(22)16-7-5-6-8-17(16)19(2)3/h5-10,13,15,21H,4,11-12H2,1-3H3/t15-/m0/s1. The zero-order chi connectivity index (χ0) is 16.8. The summed E-state index contributed by atoms with van der Waals surface area (Å²) in [6, 6.07) is 9.44. The molecule has 0 aliphatic rings. The highest BCUT2D eigenvalue weighted by Crippen LogP contribution is 2.23. The fraction of sp³-hybridized carbons (Fsp3) is 0.389. The second kappa shape index (κ2) is 8.13. The molecule has 0 aliphatic heterocycles. The van der Waals surface area contributed by atoms with Crippen molar-refractivity contribution in [1.29, 1.82) is 0 Å². The van der Waals surface area contributed by atoms with Crippen LogP contribution in [-0.2, 0) is 6.54 Å². The third-order valence-electron chi connectivity index (χ3n) is 3.93. The summed E-state index contributed by atoms with van der Waals surface area (Å²) in [5, 5.41) is 13.7. The van der Waals surface area contributed by atoms with Gasteiger partial charge in [-0.25, -0.2) is 0 Å². The van der Waals surface area contributed by atoms with E-state index in [1.807, 2.05) is 67.0 Å². The zero-order valence-electron chi connectivity index (χ0n) is 13.9. The maximum absolute atomic E-state index is 13.1. The number of hydrogen-bond donors (Lipinski definition) is 1. The second-order valence-electron chi connectivity index (χ2n) is 5.72. The molecule has 124 valence electrons. The summed E-state index contributed by atoms with van der Waals surface area (Å²) in [6.45, 7) is 2.48. The number of thiophene rings is 1. The highest BCUT2D eigenvalue weighted by molar-refractivity contribution is 7.07. The minimum absolute atomic E-state index is 0.0312. The summed E-state index contributed by atoms with van der Waals surface area (Å²) in [4.78, 5) is 16.9. The first-order valence-electron chi connectivity index (χ1n) is 7.77. The fourth-order valence-corrected chi connectivity index (χ4v) is 3.25. The van der Waals surface area contributed by atoms with Crippen molar-refractivity contribution in [2.45, 2.75) is 25.9 Å². The molecular formula is C18H24N2O2S. The highest BCUT2D eigenvalue weighted by Gasteiger charge is 2.25. The molecule has 0 saturated heterocycles. The van der Waals surface area contributed by atoms with Crippen molar-refractivity contribution in [3.05, 3.63) is 52.2 Å². The maximum atomic E-state index is 13.1. The smallest absolute Gasteiger partial charge is 0.256 e. The van der Waals surface area contributed by atoms with Crippen molar-refractivity contribution >= 4 is 22.9 Å². The van der Waals surface area contributed by atoms with E-state index in [-0.39, 0.29) is 18.6 Å². The highest BCUT2D eigenvalue weighted by atomic mass is 32.1. The lowest BCUT2D eigenvalue weighted by Crippen LogP contribution is -2.42. The van der Waals surface area contributed by atoms with E-state index >= 15 is 0 Å². The van der Waals surface area contributed by atoms with Crippen LogP contribution >= 0.6 is 11.3 Å². The van der Waals surface area contributed by atoms with Crippen LogP contribution < -0.4 is 4.90 Å². The largest absolute Gasteiger partial charge is 0.394 e. The van der Waals surface area contributed by atoms with Crippen LogP contribution in [0.3, 0.4) is 0 Å². The normalized spacial score (nSPS) is 12.0. The Hall–Kier alpha value is -1.85. The molecule has 1 atom stereocenters. The molecule has 0 spiro atoms. The van der Waals surface area contributed by atoms with E-state index in [9.17, 15) is 9.90 Å². The Bertz CT molecular complexity index is 622. The van der Waals surface area contributed by atoms with E-state index in [2.05, 4.69) is 0 Å². The Labute approximate surface area is 142 Å². The monoisotopic (exact) mass is 332 g/mol. The third-order valence-corrected chi connectivity index (χ3v) is 4.66. The number of para-hydroxylation sites is 1. The lowest BCUT2D eigenvalue weighted by Gasteiger charge is -2.31. The van der Waals surface area contributed by atoms with Crippen molar-refractivity contribution in [3.8, 4) is 0 Å². The molecule has 0 bridgehead atoms. The van der Waals surface area contributed by atoms with Gasteiger partial charge in [-0.05, 0) is 40.9 Å². The first kappa shape index (κ1) is 17.5. The molecule has 1 aromatic carbocycles. The van der Waals surface area contributed by atoms with Crippen LogP contribution in [0.25, 0.3) is 0 Å². The fourth-order valence-electron chi connectivity index (χ4n) is 2.59. The summed E-state index contributed by atoms with van der Waals surface area (Å²) in [6.07, 6.45) is 0.719. The Morgan fingerprint density at radius 2 is 2.00 bits per heavy atom. The summed E-state index contributed by atoms with van der Waals surface area (Å²) < 4.78 is 0. The molecule has 1 aromatic heterocycles. The molecule has 0 unspecified atom stereocenters. The summed E-state index contributed by atoms with van der Waals surface area (Å²) in [5.74, 6) is -0.0404. The quantitative estimate of drug-likeness (QED) is 0.846. The van der Waals surface area contributed by atoms with E-state index in [1.54, 1.807) is 16.2 Å². The van der Waals surface area contributed by atoms with Crippen LogP contribution in [0.4, 0.5) is 5.69 Å². The Kier molecular flexibility index (Phi) is 6.19. The van der Waals surface area contributed by atoms with Crippen molar-refractivity contribution in [2.24, 2.45) is 0 Å². The van der Waals surface area contributed by atoms with Crippen LogP contribution in [0.1, 0.15) is 29.3 Å². The molecule has 1 amide bonds. The molecule has 0 saturated carbocycles. The molecule has 2 rings (SSSR count). The van der Waals surface area contributed by atoms with Gasteiger partial charge in [-0.15, -0.1) is 0 Å². The number of hydrogen-bond acceptors (Lipinski definition) is 4. The number of carbonyl (C=O) groups excluding carboxylic acids is 1. The average molecular weight is 332 g/mol. The second-order valence-corrected chi connectivity index (χ2v) is 6.50. The van der Waals surface area contributed by atoms with Crippen LogP contribution in [0.5, 0.6) is 0 Å². The van der Waals surface area contributed by atoms with Gasteiger partial charge >= 0.3 is 0 Å². The van der Waals surface area contributed by atoms with E-state index in [4.69, 9.17) is 0 Å². The first-order valence-corrected chi connectivity index (χ1v) is 8.72. The Morgan fingerprint density at radius 1 is 1.26 bits per heavy atom. The molecule has 1 heterocycles. The van der Waals surface area contributed by atoms with Crippen LogP contribution in [0.2, 0.25) is 0 Å². The van der Waals surface area contributed by atoms with Gasteiger partial charge in [0.25, 0.3) is 5.91 Å². The minimum Gasteiger partial charge on any atom is -0.394 e. The van der Waals surface area contributed by atoms with E-state index < -0.39 is 0 Å². The molecule has 0 radical (unpaired) electrons. The van der Waals surface area contributed by atoms with Crippen molar-refractivity contribution in [2.75, 3.05) is 25.6 Å². The third kappa shape index (κ3) is 4.12. The number of benzene rings is 1.